The molecular formula is C57H99NO10. The van der Waals surface area contributed by atoms with Gasteiger partial charge in [-0.2, -0.15) is 0 Å². The van der Waals surface area contributed by atoms with Crippen LogP contribution in [0.2, 0.25) is 0 Å². The fourth-order valence-corrected chi connectivity index (χ4v) is 8.05. The lowest BCUT2D eigenvalue weighted by Crippen LogP contribution is -2.61. The molecule has 11 heteroatoms. The smallest absolute Gasteiger partial charge is 0.306 e. The van der Waals surface area contributed by atoms with E-state index in [1.54, 1.807) is 6.08 Å². The third-order valence-electron chi connectivity index (χ3n) is 12.4. The van der Waals surface area contributed by atoms with Gasteiger partial charge in [-0.1, -0.05) is 196 Å². The molecule has 1 heterocycles. The lowest BCUT2D eigenvalue weighted by Gasteiger charge is -2.41. The van der Waals surface area contributed by atoms with Crippen molar-refractivity contribution in [2.24, 2.45) is 0 Å². The number of ether oxygens (including phenoxy) is 3. The van der Waals surface area contributed by atoms with E-state index in [1.807, 2.05) is 6.08 Å². The Bertz CT molecular complexity index is 1380. The summed E-state index contributed by atoms with van der Waals surface area (Å²) in [5.41, 5.74) is 0. The molecule has 0 bridgehead atoms. The van der Waals surface area contributed by atoms with Crippen LogP contribution in [0.1, 0.15) is 213 Å². The largest absolute Gasteiger partial charge is 0.454 e. The quantitative estimate of drug-likeness (QED) is 0.0196. The minimum atomic E-state index is -1.63. The molecule has 0 aromatic rings. The molecule has 1 amide bonds. The molecule has 392 valence electrons. The first-order valence-electron chi connectivity index (χ1n) is 27.2. The normalized spacial score (nSPS) is 20.5. The van der Waals surface area contributed by atoms with Crippen LogP contribution in [0.15, 0.2) is 72.9 Å². The Kier molecular flexibility index (Phi) is 42.0. The van der Waals surface area contributed by atoms with Crippen LogP contribution in [0, 0.1) is 0 Å². The molecule has 8 atom stereocenters. The zero-order chi connectivity index (χ0) is 49.7. The molecular weight excluding hydrogens is 859 g/mol. The van der Waals surface area contributed by atoms with E-state index in [2.05, 4.69) is 86.8 Å². The standard InChI is InChI=1S/C57H99NO10/c1-4-7-10-13-16-19-22-25-27-30-33-36-39-42-45-52(62)68-55-54(64)53(63)51(46-59)67-57(55)66-47-48(49(60)43-40-37-34-31-28-24-21-18-15-12-9-6-3)58-56(65)50(61)44-41-38-35-32-29-26-23-20-17-14-11-8-5-2/h7-8,10-11,16-17,19-20,25,27,40,43,48-51,53-55,57,59-61,63-64H,4-6,9,12-15,18,21-24,26,28-39,41-42,44-47H2,1-3H3,(H,58,65)/b10-7+,11-8+,19-16+,20-17+,27-25+,43-40+. The highest BCUT2D eigenvalue weighted by atomic mass is 16.7. The topological polar surface area (TPSA) is 175 Å². The first kappa shape index (κ1) is 63.1. The van der Waals surface area contributed by atoms with Gasteiger partial charge in [0.1, 0.15) is 24.4 Å². The fraction of sp³-hybridized carbons (Fsp3) is 0.754. The Morgan fingerprint density at radius 3 is 1.59 bits per heavy atom. The predicted molar refractivity (Wildman–Crippen MR) is 278 cm³/mol. The summed E-state index contributed by atoms with van der Waals surface area (Å²) in [6.07, 6.45) is 45.2. The molecule has 1 fully saturated rings. The highest BCUT2D eigenvalue weighted by molar-refractivity contribution is 5.80. The Morgan fingerprint density at radius 1 is 0.588 bits per heavy atom. The van der Waals surface area contributed by atoms with Crippen molar-refractivity contribution in [3.05, 3.63) is 72.9 Å². The Balaban J connectivity index is 2.78. The number of hydrogen-bond acceptors (Lipinski definition) is 10. The van der Waals surface area contributed by atoms with Crippen molar-refractivity contribution in [2.45, 2.75) is 262 Å². The number of rotatable bonds is 44. The van der Waals surface area contributed by atoms with E-state index >= 15 is 0 Å². The van der Waals surface area contributed by atoms with Gasteiger partial charge >= 0.3 is 5.97 Å². The van der Waals surface area contributed by atoms with Crippen molar-refractivity contribution in [1.82, 2.24) is 5.32 Å². The lowest BCUT2D eigenvalue weighted by atomic mass is 9.99. The minimum Gasteiger partial charge on any atom is -0.454 e. The van der Waals surface area contributed by atoms with E-state index in [9.17, 15) is 35.1 Å². The minimum absolute atomic E-state index is 0.0940. The van der Waals surface area contributed by atoms with Gasteiger partial charge in [-0.3, -0.25) is 9.59 Å². The summed E-state index contributed by atoms with van der Waals surface area (Å²) in [7, 11) is 0. The van der Waals surface area contributed by atoms with Gasteiger partial charge in [0.2, 0.25) is 5.91 Å². The molecule has 0 spiro atoms. The number of allylic oxidation sites excluding steroid dienone is 11. The Morgan fingerprint density at radius 2 is 1.06 bits per heavy atom. The second-order valence-corrected chi connectivity index (χ2v) is 18.5. The summed E-state index contributed by atoms with van der Waals surface area (Å²) >= 11 is 0. The van der Waals surface area contributed by atoms with Gasteiger partial charge < -0.3 is 45.1 Å². The highest BCUT2D eigenvalue weighted by Crippen LogP contribution is 2.26. The van der Waals surface area contributed by atoms with E-state index in [0.717, 1.165) is 116 Å². The molecule has 1 rings (SSSR count). The summed E-state index contributed by atoms with van der Waals surface area (Å²) in [4.78, 5) is 26.4. The van der Waals surface area contributed by atoms with Crippen molar-refractivity contribution < 1.29 is 49.3 Å². The van der Waals surface area contributed by atoms with Gasteiger partial charge in [0.25, 0.3) is 0 Å². The van der Waals surface area contributed by atoms with Crippen LogP contribution in [0.5, 0.6) is 0 Å². The van der Waals surface area contributed by atoms with E-state index in [1.165, 1.54) is 51.4 Å². The Labute approximate surface area is 413 Å². The van der Waals surface area contributed by atoms with Crippen LogP contribution in [0.3, 0.4) is 0 Å². The van der Waals surface area contributed by atoms with Crippen LogP contribution in [-0.4, -0.2) is 99.6 Å². The number of nitrogens with one attached hydrogen (secondary N) is 1. The third kappa shape index (κ3) is 33.6. The van der Waals surface area contributed by atoms with Crippen molar-refractivity contribution in [3.8, 4) is 0 Å². The molecule has 6 N–H and O–H groups in total. The van der Waals surface area contributed by atoms with E-state index in [4.69, 9.17) is 14.2 Å². The Hall–Kier alpha value is -2.90. The van der Waals surface area contributed by atoms with Crippen molar-refractivity contribution in [1.29, 1.82) is 0 Å². The molecule has 68 heavy (non-hydrogen) atoms. The second kappa shape index (κ2) is 45.3. The first-order chi connectivity index (χ1) is 33.2. The van der Waals surface area contributed by atoms with E-state index < -0.39 is 67.4 Å². The van der Waals surface area contributed by atoms with Crippen molar-refractivity contribution in [2.75, 3.05) is 13.2 Å². The molecule has 8 unspecified atom stereocenters. The number of carbonyl (C=O) groups excluding carboxylic acids is 2. The molecule has 0 aliphatic carbocycles. The molecule has 0 saturated carbocycles. The van der Waals surface area contributed by atoms with E-state index in [0.29, 0.717) is 12.8 Å². The van der Waals surface area contributed by atoms with Gasteiger partial charge in [0.15, 0.2) is 12.4 Å². The summed E-state index contributed by atoms with van der Waals surface area (Å²) < 4.78 is 17.5. The van der Waals surface area contributed by atoms with Crippen LogP contribution in [0.4, 0.5) is 0 Å². The second-order valence-electron chi connectivity index (χ2n) is 18.5. The number of carbonyl (C=O) groups is 2. The zero-order valence-corrected chi connectivity index (χ0v) is 43.0. The van der Waals surface area contributed by atoms with Crippen molar-refractivity contribution >= 4 is 11.9 Å². The first-order valence-corrected chi connectivity index (χ1v) is 27.2. The molecule has 0 aromatic carbocycles. The van der Waals surface area contributed by atoms with Crippen LogP contribution < -0.4 is 5.32 Å². The van der Waals surface area contributed by atoms with Gasteiger partial charge in [0.05, 0.1) is 25.4 Å². The summed E-state index contributed by atoms with van der Waals surface area (Å²) in [6, 6.07) is -1.03. The van der Waals surface area contributed by atoms with Crippen molar-refractivity contribution in [3.63, 3.8) is 0 Å². The van der Waals surface area contributed by atoms with Crippen LogP contribution in [0.25, 0.3) is 0 Å². The monoisotopic (exact) mass is 958 g/mol. The summed E-state index contributed by atoms with van der Waals surface area (Å²) in [5, 5.41) is 56.7. The average molecular weight is 958 g/mol. The lowest BCUT2D eigenvalue weighted by molar-refractivity contribution is -0.305. The SMILES string of the molecule is CC/C=C/C/C=C/C/C=C/CCCCCCC(=O)OC1C(OCC(NC(=O)C(O)CCCCCCCC/C=C/C/C=C/CC)C(O)/C=C/CCCCCCCCCCCC)OC(CO)C(O)C1O. The van der Waals surface area contributed by atoms with Gasteiger partial charge in [-0.25, -0.2) is 0 Å². The average Bonchev–Trinajstić information content (AvgIpc) is 3.33. The molecule has 11 nitrogen and oxygen atoms in total. The zero-order valence-electron chi connectivity index (χ0n) is 43.0. The molecule has 0 radical (unpaired) electrons. The molecule has 1 saturated heterocycles. The number of unbranched alkanes of at least 4 members (excludes halogenated alkanes) is 20. The summed E-state index contributed by atoms with van der Waals surface area (Å²) in [5.74, 6) is -1.23. The van der Waals surface area contributed by atoms with Gasteiger partial charge in [-0.15, -0.1) is 0 Å². The van der Waals surface area contributed by atoms with Gasteiger partial charge in [0, 0.05) is 6.42 Å². The number of aliphatic hydroxyl groups is 5. The maximum atomic E-state index is 13.3. The van der Waals surface area contributed by atoms with Gasteiger partial charge in [-0.05, 0) is 83.5 Å². The number of amides is 1. The number of hydrogen-bond donors (Lipinski definition) is 6. The summed E-state index contributed by atoms with van der Waals surface area (Å²) in [6.45, 7) is 5.52. The highest BCUT2D eigenvalue weighted by Gasteiger charge is 2.47. The fourth-order valence-electron chi connectivity index (χ4n) is 8.05. The molecule has 0 aromatic heterocycles. The maximum Gasteiger partial charge on any atom is 0.306 e. The molecule has 1 aliphatic rings. The molecule has 1 aliphatic heterocycles. The predicted octanol–water partition coefficient (Wildman–Crippen LogP) is 11.7. The van der Waals surface area contributed by atoms with Crippen LogP contribution in [-0.2, 0) is 23.8 Å². The van der Waals surface area contributed by atoms with E-state index in [-0.39, 0.29) is 19.4 Å². The number of aliphatic hydroxyl groups excluding tert-OH is 5. The number of esters is 1. The maximum absolute atomic E-state index is 13.3. The third-order valence-corrected chi connectivity index (χ3v) is 12.4. The van der Waals surface area contributed by atoms with Crippen LogP contribution >= 0.6 is 0 Å².